The normalized spacial score (nSPS) is 19.5. The monoisotopic (exact) mass is 488 g/mol. The lowest BCUT2D eigenvalue weighted by atomic mass is 9.93. The molecule has 1 fully saturated rings. The fraction of sp³-hybridized carbons (Fsp3) is 0.241. The first kappa shape index (κ1) is 25.2. The van der Waals surface area contributed by atoms with Crippen LogP contribution in [0.3, 0.4) is 0 Å². The summed E-state index contributed by atoms with van der Waals surface area (Å²) in [6, 6.07) is 25.3. The Hall–Kier alpha value is -3.94. The zero-order valence-corrected chi connectivity index (χ0v) is 20.0. The summed E-state index contributed by atoms with van der Waals surface area (Å²) in [4.78, 5) is 24.2. The summed E-state index contributed by atoms with van der Waals surface area (Å²) in [5, 5.41) is 0. The van der Waals surface area contributed by atoms with Crippen LogP contribution in [0.15, 0.2) is 91.0 Å². The maximum Gasteiger partial charge on any atom is 0.508 e. The van der Waals surface area contributed by atoms with Gasteiger partial charge < -0.3 is 23.7 Å². The number of carbonyl (C=O) groups is 2. The van der Waals surface area contributed by atoms with Crippen LogP contribution in [0.1, 0.15) is 28.4 Å². The molecule has 0 unspecified atom stereocenters. The van der Waals surface area contributed by atoms with Crippen molar-refractivity contribution in [2.75, 3.05) is 19.8 Å². The molecule has 0 N–H and O–H groups in total. The average Bonchev–Trinajstić information content (AvgIpc) is 2.92. The van der Waals surface area contributed by atoms with E-state index in [0.29, 0.717) is 24.5 Å². The van der Waals surface area contributed by atoms with Crippen LogP contribution in [0.4, 0.5) is 4.79 Å². The van der Waals surface area contributed by atoms with Crippen molar-refractivity contribution in [3.63, 3.8) is 0 Å². The molecule has 0 atom stereocenters. The molecule has 3 aromatic rings. The van der Waals surface area contributed by atoms with Gasteiger partial charge in [0.15, 0.2) is 6.29 Å². The summed E-state index contributed by atoms with van der Waals surface area (Å²) in [5.41, 5.74) is 1.79. The van der Waals surface area contributed by atoms with Crippen LogP contribution in [-0.4, -0.2) is 38.2 Å². The van der Waals surface area contributed by atoms with Crippen molar-refractivity contribution in [3.8, 4) is 5.75 Å². The van der Waals surface area contributed by atoms with E-state index in [9.17, 15) is 9.59 Å². The maximum absolute atomic E-state index is 12.1. The SMILES string of the molecule is CC1(COC(=O)OCc2ccc(OC(=O)c3ccccc3)cc2)COC(/C=C/c2ccccc2)OC1. The van der Waals surface area contributed by atoms with Gasteiger partial charge in [-0.2, -0.15) is 0 Å². The molecule has 4 rings (SSSR count). The molecular formula is C29H28O7. The number of rotatable bonds is 8. The number of hydrogen-bond acceptors (Lipinski definition) is 7. The summed E-state index contributed by atoms with van der Waals surface area (Å²) in [6.45, 7) is 2.82. The fourth-order valence-corrected chi connectivity index (χ4v) is 3.42. The molecule has 1 aliphatic heterocycles. The second-order valence-corrected chi connectivity index (χ2v) is 8.80. The summed E-state index contributed by atoms with van der Waals surface area (Å²) in [7, 11) is 0. The van der Waals surface area contributed by atoms with E-state index in [2.05, 4.69) is 0 Å². The van der Waals surface area contributed by atoms with Gasteiger partial charge in [0.1, 0.15) is 19.0 Å². The van der Waals surface area contributed by atoms with Gasteiger partial charge in [0.2, 0.25) is 0 Å². The summed E-state index contributed by atoms with van der Waals surface area (Å²) in [6.07, 6.45) is 2.58. The van der Waals surface area contributed by atoms with Crippen LogP contribution in [0.5, 0.6) is 5.75 Å². The predicted octanol–water partition coefficient (Wildman–Crippen LogP) is 5.65. The lowest BCUT2D eigenvalue weighted by Crippen LogP contribution is -2.42. The van der Waals surface area contributed by atoms with Gasteiger partial charge in [0, 0.05) is 5.41 Å². The van der Waals surface area contributed by atoms with Gasteiger partial charge in [-0.3, -0.25) is 0 Å². The van der Waals surface area contributed by atoms with Crippen LogP contribution >= 0.6 is 0 Å². The molecule has 0 saturated carbocycles. The third kappa shape index (κ3) is 7.53. The van der Waals surface area contributed by atoms with Crippen molar-refractivity contribution in [2.45, 2.75) is 19.8 Å². The predicted molar refractivity (Wildman–Crippen MR) is 133 cm³/mol. The third-order valence-electron chi connectivity index (χ3n) is 5.48. The van der Waals surface area contributed by atoms with Crippen molar-refractivity contribution in [1.29, 1.82) is 0 Å². The first-order valence-corrected chi connectivity index (χ1v) is 11.6. The minimum absolute atomic E-state index is 0.0296. The fourth-order valence-electron chi connectivity index (χ4n) is 3.42. The number of esters is 1. The van der Waals surface area contributed by atoms with Gasteiger partial charge in [0.05, 0.1) is 18.8 Å². The Morgan fingerprint density at radius 3 is 2.19 bits per heavy atom. The molecule has 186 valence electrons. The zero-order valence-electron chi connectivity index (χ0n) is 20.0. The molecule has 1 saturated heterocycles. The van der Waals surface area contributed by atoms with E-state index >= 15 is 0 Å². The highest BCUT2D eigenvalue weighted by Crippen LogP contribution is 2.25. The topological polar surface area (TPSA) is 80.3 Å². The molecule has 0 aromatic heterocycles. The van der Waals surface area contributed by atoms with Gasteiger partial charge in [0.25, 0.3) is 0 Å². The molecule has 0 radical (unpaired) electrons. The molecule has 36 heavy (non-hydrogen) atoms. The second-order valence-electron chi connectivity index (χ2n) is 8.80. The Morgan fingerprint density at radius 1 is 0.889 bits per heavy atom. The van der Waals surface area contributed by atoms with Crippen molar-refractivity contribution >= 4 is 18.2 Å². The van der Waals surface area contributed by atoms with Crippen molar-refractivity contribution in [1.82, 2.24) is 0 Å². The third-order valence-corrected chi connectivity index (χ3v) is 5.48. The summed E-state index contributed by atoms with van der Waals surface area (Å²) >= 11 is 0. The van der Waals surface area contributed by atoms with E-state index < -0.39 is 23.8 Å². The molecule has 1 heterocycles. The summed E-state index contributed by atoms with van der Waals surface area (Å²) in [5.74, 6) is -0.0387. The Balaban J connectivity index is 1.16. The van der Waals surface area contributed by atoms with E-state index in [1.807, 2.05) is 55.5 Å². The Bertz CT molecular complexity index is 1150. The van der Waals surface area contributed by atoms with Crippen LogP contribution in [0.25, 0.3) is 6.08 Å². The molecule has 7 nitrogen and oxygen atoms in total. The standard InChI is InChI=1S/C29H28O7/c1-29(19-33-26(34-20-29)17-14-22-8-4-2-5-9-22)21-35-28(31)32-18-23-12-15-25(16-13-23)36-27(30)24-10-6-3-7-11-24/h2-17,26H,18-21H2,1H3/b17-14+. The Labute approximate surface area is 210 Å². The first-order chi connectivity index (χ1) is 17.5. The minimum atomic E-state index is -0.776. The van der Waals surface area contributed by atoms with Gasteiger partial charge >= 0.3 is 12.1 Å². The quantitative estimate of drug-likeness (QED) is 0.299. The van der Waals surface area contributed by atoms with Gasteiger partial charge in [-0.15, -0.1) is 0 Å². The van der Waals surface area contributed by atoms with Crippen LogP contribution in [0.2, 0.25) is 0 Å². The van der Waals surface area contributed by atoms with Crippen molar-refractivity contribution in [3.05, 3.63) is 108 Å². The van der Waals surface area contributed by atoms with Crippen molar-refractivity contribution in [2.24, 2.45) is 5.41 Å². The zero-order chi connectivity index (χ0) is 25.2. The van der Waals surface area contributed by atoms with E-state index in [-0.39, 0.29) is 13.2 Å². The van der Waals surface area contributed by atoms with E-state index in [0.717, 1.165) is 11.1 Å². The molecule has 3 aromatic carbocycles. The first-order valence-electron chi connectivity index (χ1n) is 11.6. The van der Waals surface area contributed by atoms with Crippen LogP contribution in [-0.2, 0) is 25.6 Å². The van der Waals surface area contributed by atoms with Gasteiger partial charge in [-0.05, 0) is 41.5 Å². The lowest BCUT2D eigenvalue weighted by molar-refractivity contribution is -0.210. The number of benzene rings is 3. The second kappa shape index (κ2) is 12.2. The Kier molecular flexibility index (Phi) is 8.49. The van der Waals surface area contributed by atoms with E-state index in [1.165, 1.54) is 0 Å². The molecule has 0 amide bonds. The molecule has 7 heteroatoms. The number of hydrogen-bond donors (Lipinski definition) is 0. The molecule has 0 spiro atoms. The molecule has 0 aliphatic carbocycles. The van der Waals surface area contributed by atoms with E-state index in [4.69, 9.17) is 23.7 Å². The van der Waals surface area contributed by atoms with Gasteiger partial charge in [-0.1, -0.05) is 73.7 Å². The number of carbonyl (C=O) groups excluding carboxylic acids is 2. The maximum atomic E-state index is 12.1. The highest BCUT2D eigenvalue weighted by molar-refractivity contribution is 5.90. The Morgan fingerprint density at radius 2 is 1.53 bits per heavy atom. The smallest absolute Gasteiger partial charge is 0.434 e. The van der Waals surface area contributed by atoms with E-state index in [1.54, 1.807) is 48.5 Å². The average molecular weight is 489 g/mol. The van der Waals surface area contributed by atoms with Crippen LogP contribution < -0.4 is 4.74 Å². The largest absolute Gasteiger partial charge is 0.508 e. The highest BCUT2D eigenvalue weighted by Gasteiger charge is 2.33. The molecule has 1 aliphatic rings. The van der Waals surface area contributed by atoms with Gasteiger partial charge in [-0.25, -0.2) is 9.59 Å². The lowest BCUT2D eigenvalue weighted by Gasteiger charge is -2.35. The molecular weight excluding hydrogens is 460 g/mol. The van der Waals surface area contributed by atoms with Crippen LogP contribution in [0, 0.1) is 5.41 Å². The minimum Gasteiger partial charge on any atom is -0.434 e. The molecule has 0 bridgehead atoms. The number of ether oxygens (including phenoxy) is 5. The summed E-state index contributed by atoms with van der Waals surface area (Å²) < 4.78 is 27.4. The highest BCUT2D eigenvalue weighted by atomic mass is 16.7. The van der Waals surface area contributed by atoms with Crippen molar-refractivity contribution < 1.29 is 33.3 Å².